The minimum Gasteiger partial charge on any atom is -0.356 e. The Morgan fingerprint density at radius 2 is 1.28 bits per heavy atom. The second-order valence-electron chi connectivity index (χ2n) is 3.20. The molecule has 0 amide bonds. The Kier molecular flexibility index (Phi) is 8.55. The zero-order valence-corrected chi connectivity index (χ0v) is 13.0. The summed E-state index contributed by atoms with van der Waals surface area (Å²) in [5.41, 5.74) is 2.24. The van der Waals surface area contributed by atoms with Gasteiger partial charge in [-0.3, -0.25) is 0 Å². The van der Waals surface area contributed by atoms with Crippen LogP contribution in [-0.2, 0) is 0 Å². The highest BCUT2D eigenvalue weighted by molar-refractivity contribution is 7.41. The maximum atomic E-state index is 3.61. The molecule has 18 heavy (non-hydrogen) atoms. The lowest BCUT2D eigenvalue weighted by molar-refractivity contribution is 1.55. The van der Waals surface area contributed by atoms with Crippen LogP contribution in [0.5, 0.6) is 0 Å². The fourth-order valence-electron chi connectivity index (χ4n) is 1.24. The van der Waals surface area contributed by atoms with Gasteiger partial charge in [0.15, 0.2) is 0 Å². The fraction of sp³-hybridized carbons (Fsp3) is 0. The summed E-state index contributed by atoms with van der Waals surface area (Å²) in [7, 11) is 5.45. The van der Waals surface area contributed by atoms with E-state index in [1.165, 1.54) is 0 Å². The summed E-state index contributed by atoms with van der Waals surface area (Å²) in [5.74, 6) is 0. The number of nitrogens with one attached hydrogen (secondary N) is 2. The number of hydrogen-bond donors (Lipinski definition) is 2. The Morgan fingerprint density at radius 1 is 0.833 bits per heavy atom. The first-order valence-corrected chi connectivity index (χ1v) is 7.23. The van der Waals surface area contributed by atoms with Gasteiger partial charge in [0.2, 0.25) is 0 Å². The number of nitrogens with zero attached hydrogens (tertiary/aromatic N) is 1. The van der Waals surface area contributed by atoms with E-state index in [1.54, 1.807) is 0 Å². The molecule has 0 aromatic heterocycles. The minimum absolute atomic E-state index is 0.881. The van der Waals surface area contributed by atoms with Gasteiger partial charge in [-0.1, -0.05) is 45.8 Å². The zero-order chi connectivity index (χ0) is 13.1. The van der Waals surface area contributed by atoms with Crippen molar-refractivity contribution in [2.75, 3.05) is 5.32 Å². The van der Waals surface area contributed by atoms with Crippen molar-refractivity contribution in [3.8, 4) is 0 Å². The van der Waals surface area contributed by atoms with E-state index in [9.17, 15) is 0 Å². The second kappa shape index (κ2) is 10.1. The molecule has 2 rings (SSSR count). The molecule has 0 radical (unpaired) electrons. The van der Waals surface area contributed by atoms with Gasteiger partial charge in [0.25, 0.3) is 0 Å². The summed E-state index contributed by atoms with van der Waals surface area (Å²) >= 11 is 0. The van der Waals surface area contributed by atoms with Gasteiger partial charge in [-0.2, -0.15) is 0 Å². The highest BCUT2D eigenvalue weighted by Gasteiger charge is 1.89. The number of rotatable bonds is 3. The van der Waals surface area contributed by atoms with Crippen LogP contribution < -0.4 is 10.2 Å². The van der Waals surface area contributed by atoms with Crippen molar-refractivity contribution in [1.29, 1.82) is 0 Å². The smallest absolute Gasteiger partial charge is 0.0973 e. The Balaban J connectivity index is 0.000000280. The topological polar surface area (TPSA) is 36.4 Å². The monoisotopic (exact) mass is 295 g/mol. The van der Waals surface area contributed by atoms with Crippen molar-refractivity contribution in [3.05, 3.63) is 60.7 Å². The van der Waals surface area contributed by atoms with Crippen LogP contribution in [-0.4, -0.2) is 0 Å². The van der Waals surface area contributed by atoms with Crippen molar-refractivity contribution in [2.45, 2.75) is 0 Å². The van der Waals surface area contributed by atoms with Gasteiger partial charge in [-0.15, -0.1) is 0 Å². The van der Waals surface area contributed by atoms with E-state index >= 15 is 0 Å². The molecule has 3 nitrogen and oxygen atoms in total. The molecule has 0 aliphatic rings. The van der Waals surface area contributed by atoms with Gasteiger partial charge >= 0.3 is 0 Å². The van der Waals surface area contributed by atoms with Gasteiger partial charge < -0.3 is 5.32 Å². The van der Waals surface area contributed by atoms with Crippen LogP contribution in [0.3, 0.4) is 0 Å². The molecule has 0 bridgehead atoms. The summed E-state index contributed by atoms with van der Waals surface area (Å²) in [6.45, 7) is 0. The van der Waals surface area contributed by atoms with Crippen molar-refractivity contribution in [2.24, 2.45) is 4.52 Å². The van der Waals surface area contributed by atoms with E-state index in [1.807, 2.05) is 60.7 Å². The molecule has 0 fully saturated rings. The lowest BCUT2D eigenvalue weighted by Gasteiger charge is -2.04. The molecular formula is C12H16N3P3. The highest BCUT2D eigenvalue weighted by atomic mass is 31.1. The molecule has 2 atom stereocenters. The van der Waals surface area contributed by atoms with Crippen LogP contribution in [0.4, 0.5) is 11.4 Å². The number of benzene rings is 2. The second-order valence-corrected chi connectivity index (χ2v) is 5.36. The van der Waals surface area contributed by atoms with Gasteiger partial charge in [0.05, 0.1) is 8.52 Å². The van der Waals surface area contributed by atoms with Crippen LogP contribution in [0.25, 0.3) is 0 Å². The van der Waals surface area contributed by atoms with Gasteiger partial charge in [-0.05, 0) is 33.7 Å². The average molecular weight is 295 g/mol. The van der Waals surface area contributed by atoms with E-state index in [2.05, 4.69) is 33.5 Å². The standard InChI is InChI=1S/C12H11N.H5N2P3/c1-3-7-11(8-4-1)13-12-9-5-2-6-10-12;3-1-5-2-4/h1-10,13H;3-4H2,(H,1,2). The SMILES string of the molecule is PN=PNP.c1ccc(Nc2ccccc2)cc1. The zero-order valence-electron chi connectivity index (χ0n) is 9.82. The average Bonchev–Trinajstić information content (AvgIpc) is 2.43. The van der Waals surface area contributed by atoms with Crippen LogP contribution >= 0.6 is 27.3 Å². The van der Waals surface area contributed by atoms with E-state index in [0.717, 1.165) is 19.9 Å². The summed E-state index contributed by atoms with van der Waals surface area (Å²) in [4.78, 5) is 2.72. The number of anilines is 2. The normalized spacial score (nSPS) is 9.67. The van der Waals surface area contributed by atoms with Crippen molar-refractivity contribution in [3.63, 3.8) is 0 Å². The molecule has 6 heteroatoms. The van der Waals surface area contributed by atoms with E-state index < -0.39 is 0 Å². The Labute approximate surface area is 114 Å². The number of para-hydroxylation sites is 2. The van der Waals surface area contributed by atoms with Crippen LogP contribution in [0.1, 0.15) is 0 Å². The molecule has 0 saturated carbocycles. The number of hydrogen-bond acceptors (Lipinski definition) is 2. The fourth-order valence-corrected chi connectivity index (χ4v) is 2.11. The molecule has 0 spiro atoms. The lowest BCUT2D eigenvalue weighted by Crippen LogP contribution is -1.87. The third-order valence-electron chi connectivity index (χ3n) is 1.95. The van der Waals surface area contributed by atoms with Crippen LogP contribution in [0, 0.1) is 0 Å². The summed E-state index contributed by atoms with van der Waals surface area (Å²) in [6.07, 6.45) is 0. The maximum absolute atomic E-state index is 3.61. The predicted molar refractivity (Wildman–Crippen MR) is 88.1 cm³/mol. The van der Waals surface area contributed by atoms with Crippen LogP contribution in [0.15, 0.2) is 65.2 Å². The molecule has 0 heterocycles. The van der Waals surface area contributed by atoms with Crippen molar-refractivity contribution < 1.29 is 0 Å². The predicted octanol–water partition coefficient (Wildman–Crippen LogP) is 4.63. The van der Waals surface area contributed by atoms with Gasteiger partial charge in [-0.25, -0.2) is 9.37 Å². The highest BCUT2D eigenvalue weighted by Crippen LogP contribution is 2.14. The largest absolute Gasteiger partial charge is 0.356 e. The Bertz CT molecular complexity index is 411. The summed E-state index contributed by atoms with van der Waals surface area (Å²) < 4.78 is 3.61. The van der Waals surface area contributed by atoms with Crippen molar-refractivity contribution >= 4 is 38.7 Å². The first-order valence-electron chi connectivity index (χ1n) is 5.29. The summed E-state index contributed by atoms with van der Waals surface area (Å²) in [5, 5.41) is 3.30. The Morgan fingerprint density at radius 3 is 1.56 bits per heavy atom. The molecule has 2 aromatic rings. The first-order chi connectivity index (χ1) is 8.86. The molecule has 2 N–H and O–H groups in total. The first kappa shape index (κ1) is 15.2. The van der Waals surface area contributed by atoms with Gasteiger partial charge in [0, 0.05) is 11.4 Å². The Hall–Kier alpha value is -0.840. The molecule has 0 saturated heterocycles. The minimum atomic E-state index is 0.881. The van der Waals surface area contributed by atoms with E-state index in [4.69, 9.17) is 0 Å². The van der Waals surface area contributed by atoms with E-state index in [-0.39, 0.29) is 0 Å². The molecule has 2 aromatic carbocycles. The molecule has 0 aliphatic carbocycles. The lowest BCUT2D eigenvalue weighted by atomic mass is 10.3. The quantitative estimate of drug-likeness (QED) is 0.810. The molecule has 2 unspecified atom stereocenters. The van der Waals surface area contributed by atoms with E-state index in [0.29, 0.717) is 0 Å². The van der Waals surface area contributed by atoms with Gasteiger partial charge in [0.1, 0.15) is 0 Å². The molecule has 0 aliphatic heterocycles. The van der Waals surface area contributed by atoms with Crippen LogP contribution in [0.2, 0.25) is 0 Å². The molecule has 94 valence electrons. The summed E-state index contributed by atoms with van der Waals surface area (Å²) in [6, 6.07) is 20.3. The third-order valence-corrected chi connectivity index (χ3v) is 2.88. The maximum Gasteiger partial charge on any atom is 0.0973 e. The van der Waals surface area contributed by atoms with Crippen molar-refractivity contribution in [1.82, 2.24) is 4.86 Å². The molecular weight excluding hydrogens is 279 g/mol. The third kappa shape index (κ3) is 6.79.